The Kier molecular flexibility index (Phi) is 4.21. The Labute approximate surface area is 102 Å². The fourth-order valence-corrected chi connectivity index (χ4v) is 1.73. The van der Waals surface area contributed by atoms with Gasteiger partial charge in [-0.2, -0.15) is 0 Å². The summed E-state index contributed by atoms with van der Waals surface area (Å²) < 4.78 is 40.5. The summed E-state index contributed by atoms with van der Waals surface area (Å²) in [6.45, 7) is 3.26. The van der Waals surface area contributed by atoms with Crippen molar-refractivity contribution in [2.45, 2.75) is 26.1 Å². The summed E-state index contributed by atoms with van der Waals surface area (Å²) in [5.74, 6) is -3.03. The lowest BCUT2D eigenvalue weighted by Gasteiger charge is -2.20. The monoisotopic (exact) mass is 262 g/mol. The van der Waals surface area contributed by atoms with Crippen LogP contribution in [0.4, 0.5) is 13.2 Å². The van der Waals surface area contributed by atoms with Gasteiger partial charge < -0.3 is 9.84 Å². The number of rotatable bonds is 4. The van der Waals surface area contributed by atoms with Crippen molar-refractivity contribution in [1.82, 2.24) is 0 Å². The summed E-state index contributed by atoms with van der Waals surface area (Å²) in [6, 6.07) is 5.29. The molecule has 100 valence electrons. The highest BCUT2D eigenvalue weighted by molar-refractivity contribution is 5.77. The van der Waals surface area contributed by atoms with Crippen molar-refractivity contribution in [2.24, 2.45) is 5.92 Å². The molecule has 3 nitrogen and oxygen atoms in total. The molecule has 1 atom stereocenters. The lowest BCUT2D eigenvalue weighted by molar-refractivity contribution is -0.275. The third kappa shape index (κ3) is 3.65. The SMILES string of the molecule is CC(C)C(C(=O)O)c1ccccc1OC(F)(F)F. The average molecular weight is 262 g/mol. The maximum absolute atomic E-state index is 12.2. The lowest BCUT2D eigenvalue weighted by Crippen LogP contribution is -2.22. The molecule has 1 N–H and O–H groups in total. The number of aliphatic carboxylic acids is 1. The molecule has 1 aromatic carbocycles. The van der Waals surface area contributed by atoms with Crippen LogP contribution in [0.25, 0.3) is 0 Å². The molecule has 0 aliphatic rings. The Bertz CT molecular complexity index is 427. The summed E-state index contributed by atoms with van der Waals surface area (Å²) in [4.78, 5) is 11.1. The van der Waals surface area contributed by atoms with Crippen molar-refractivity contribution in [2.75, 3.05) is 0 Å². The highest BCUT2D eigenvalue weighted by Crippen LogP contribution is 2.34. The quantitative estimate of drug-likeness (QED) is 0.904. The molecule has 0 radical (unpaired) electrons. The lowest BCUT2D eigenvalue weighted by atomic mass is 9.88. The molecular weight excluding hydrogens is 249 g/mol. The molecule has 0 amide bonds. The molecule has 6 heteroatoms. The van der Waals surface area contributed by atoms with E-state index in [1.54, 1.807) is 13.8 Å². The van der Waals surface area contributed by atoms with E-state index in [-0.39, 0.29) is 11.5 Å². The maximum atomic E-state index is 12.2. The molecule has 0 heterocycles. The smallest absolute Gasteiger partial charge is 0.481 e. The molecule has 0 aromatic heterocycles. The van der Waals surface area contributed by atoms with Crippen molar-refractivity contribution in [1.29, 1.82) is 0 Å². The van der Waals surface area contributed by atoms with E-state index in [0.717, 1.165) is 6.07 Å². The minimum atomic E-state index is -4.84. The zero-order chi connectivity index (χ0) is 13.9. The van der Waals surface area contributed by atoms with Crippen LogP contribution in [-0.4, -0.2) is 17.4 Å². The summed E-state index contributed by atoms with van der Waals surface area (Å²) in [6.07, 6.45) is -4.84. The van der Waals surface area contributed by atoms with E-state index in [4.69, 9.17) is 5.11 Å². The number of hydrogen-bond acceptors (Lipinski definition) is 2. The predicted molar refractivity (Wildman–Crippen MR) is 58.3 cm³/mol. The topological polar surface area (TPSA) is 46.5 Å². The van der Waals surface area contributed by atoms with Gasteiger partial charge in [-0.3, -0.25) is 4.79 Å². The highest BCUT2D eigenvalue weighted by Gasteiger charge is 2.34. The van der Waals surface area contributed by atoms with Crippen LogP contribution in [0.3, 0.4) is 0 Å². The van der Waals surface area contributed by atoms with Gasteiger partial charge in [0.15, 0.2) is 0 Å². The fourth-order valence-electron chi connectivity index (χ4n) is 1.73. The Morgan fingerprint density at radius 2 is 1.83 bits per heavy atom. The molecule has 18 heavy (non-hydrogen) atoms. The summed E-state index contributed by atoms with van der Waals surface area (Å²) in [5.41, 5.74) is 0.0253. The van der Waals surface area contributed by atoms with E-state index >= 15 is 0 Å². The Balaban J connectivity index is 3.18. The van der Waals surface area contributed by atoms with Gasteiger partial charge in [-0.25, -0.2) is 0 Å². The first-order valence-electron chi connectivity index (χ1n) is 5.30. The fraction of sp³-hybridized carbons (Fsp3) is 0.417. The van der Waals surface area contributed by atoms with E-state index in [2.05, 4.69) is 4.74 Å². The Morgan fingerprint density at radius 3 is 2.28 bits per heavy atom. The third-order valence-electron chi connectivity index (χ3n) is 2.41. The summed E-state index contributed by atoms with van der Waals surface area (Å²) >= 11 is 0. The molecule has 0 bridgehead atoms. The zero-order valence-corrected chi connectivity index (χ0v) is 9.86. The molecule has 0 fully saturated rings. The Hall–Kier alpha value is -1.72. The second-order valence-electron chi connectivity index (χ2n) is 4.15. The summed E-state index contributed by atoms with van der Waals surface area (Å²) in [7, 11) is 0. The average Bonchev–Trinajstić information content (AvgIpc) is 2.17. The van der Waals surface area contributed by atoms with Gasteiger partial charge >= 0.3 is 12.3 Å². The zero-order valence-electron chi connectivity index (χ0n) is 9.86. The molecule has 0 saturated carbocycles. The third-order valence-corrected chi connectivity index (χ3v) is 2.41. The van der Waals surface area contributed by atoms with Crippen LogP contribution < -0.4 is 4.74 Å². The molecule has 1 aromatic rings. The number of ether oxygens (including phenoxy) is 1. The van der Waals surface area contributed by atoms with Crippen LogP contribution in [0.5, 0.6) is 5.75 Å². The molecule has 1 rings (SSSR count). The molecule has 0 aliphatic heterocycles. The van der Waals surface area contributed by atoms with E-state index in [0.29, 0.717) is 0 Å². The van der Waals surface area contributed by atoms with Crippen molar-refractivity contribution >= 4 is 5.97 Å². The Morgan fingerprint density at radius 1 is 1.28 bits per heavy atom. The molecule has 0 saturated heterocycles. The first kappa shape index (κ1) is 14.3. The number of para-hydroxylation sites is 1. The van der Waals surface area contributed by atoms with Gasteiger partial charge in [0.25, 0.3) is 0 Å². The minimum absolute atomic E-state index is 0.0253. The van der Waals surface area contributed by atoms with Crippen LogP contribution >= 0.6 is 0 Å². The number of alkyl halides is 3. The van der Waals surface area contributed by atoms with Crippen molar-refractivity contribution in [3.8, 4) is 5.75 Å². The van der Waals surface area contributed by atoms with E-state index < -0.39 is 24.0 Å². The number of carbonyl (C=O) groups is 1. The van der Waals surface area contributed by atoms with Crippen LogP contribution in [0.1, 0.15) is 25.3 Å². The number of benzene rings is 1. The first-order chi connectivity index (χ1) is 8.22. The summed E-state index contributed by atoms with van der Waals surface area (Å²) in [5, 5.41) is 9.08. The van der Waals surface area contributed by atoms with Gasteiger partial charge in [-0.05, 0) is 12.0 Å². The first-order valence-corrected chi connectivity index (χ1v) is 5.30. The molecular formula is C12H13F3O3. The number of halogens is 3. The van der Waals surface area contributed by atoms with Crippen LogP contribution in [0.15, 0.2) is 24.3 Å². The number of hydrogen-bond donors (Lipinski definition) is 1. The van der Waals surface area contributed by atoms with Crippen LogP contribution in [0.2, 0.25) is 0 Å². The standard InChI is InChI=1S/C12H13F3O3/c1-7(2)10(11(16)17)8-5-3-4-6-9(8)18-12(13,14)15/h3-7,10H,1-2H3,(H,16,17). The molecule has 0 spiro atoms. The second-order valence-corrected chi connectivity index (χ2v) is 4.15. The van der Waals surface area contributed by atoms with Crippen molar-refractivity contribution in [3.63, 3.8) is 0 Å². The van der Waals surface area contributed by atoms with Gasteiger partial charge in [0.2, 0.25) is 0 Å². The van der Waals surface area contributed by atoms with Gasteiger partial charge in [0, 0.05) is 5.56 Å². The van der Waals surface area contributed by atoms with Gasteiger partial charge in [0.05, 0.1) is 5.92 Å². The highest BCUT2D eigenvalue weighted by atomic mass is 19.4. The largest absolute Gasteiger partial charge is 0.573 e. The predicted octanol–water partition coefficient (Wildman–Crippen LogP) is 3.41. The molecule has 0 aliphatic carbocycles. The normalized spacial score (nSPS) is 13.4. The van der Waals surface area contributed by atoms with Crippen molar-refractivity contribution in [3.05, 3.63) is 29.8 Å². The van der Waals surface area contributed by atoms with E-state index in [1.807, 2.05) is 0 Å². The minimum Gasteiger partial charge on any atom is -0.481 e. The number of carboxylic acids is 1. The second kappa shape index (κ2) is 5.29. The maximum Gasteiger partial charge on any atom is 0.573 e. The van der Waals surface area contributed by atoms with E-state index in [1.165, 1.54) is 18.2 Å². The van der Waals surface area contributed by atoms with Gasteiger partial charge in [-0.1, -0.05) is 32.0 Å². The van der Waals surface area contributed by atoms with Crippen molar-refractivity contribution < 1.29 is 27.8 Å². The molecule has 1 unspecified atom stereocenters. The number of carboxylic acid groups (broad SMARTS) is 1. The van der Waals surface area contributed by atoms with E-state index in [9.17, 15) is 18.0 Å². The van der Waals surface area contributed by atoms with Crippen LogP contribution in [0, 0.1) is 5.92 Å². The van der Waals surface area contributed by atoms with Crippen LogP contribution in [-0.2, 0) is 4.79 Å². The van der Waals surface area contributed by atoms with Gasteiger partial charge in [0.1, 0.15) is 5.75 Å². The van der Waals surface area contributed by atoms with Gasteiger partial charge in [-0.15, -0.1) is 13.2 Å².